The van der Waals surface area contributed by atoms with E-state index in [0.29, 0.717) is 5.69 Å². The molecule has 0 spiro atoms. The van der Waals surface area contributed by atoms with Crippen molar-refractivity contribution in [2.24, 2.45) is 0 Å². The quantitative estimate of drug-likeness (QED) is 0.616. The van der Waals surface area contributed by atoms with Crippen LogP contribution in [0.25, 0.3) is 0 Å². The molecule has 0 amide bonds. The molecule has 2 rings (SSSR count). The first-order valence-electron chi connectivity index (χ1n) is 5.87. The average Bonchev–Trinajstić information content (AvgIpc) is 2.79. The minimum absolute atomic E-state index is 0.0803. The smallest absolute Gasteiger partial charge is 0.358 e. The van der Waals surface area contributed by atoms with Gasteiger partial charge in [0.05, 0.1) is 34.1 Å². The number of rotatable bonds is 5. The summed E-state index contributed by atoms with van der Waals surface area (Å²) in [4.78, 5) is 10.2. The number of aryl methyl sites for hydroxylation is 2. The number of benzene rings is 1. The van der Waals surface area contributed by atoms with Crippen molar-refractivity contribution < 1.29 is 13.3 Å². The van der Waals surface area contributed by atoms with Crippen LogP contribution in [0, 0.1) is 17.0 Å². The van der Waals surface area contributed by atoms with E-state index in [0.717, 1.165) is 0 Å². The van der Waals surface area contributed by atoms with Crippen LogP contribution in [0.2, 0.25) is 0 Å². The summed E-state index contributed by atoms with van der Waals surface area (Å²) in [5.41, 5.74) is 0.556. The van der Waals surface area contributed by atoms with Crippen molar-refractivity contribution in [3.8, 4) is 0 Å². The van der Waals surface area contributed by atoms with Crippen LogP contribution in [0.3, 0.4) is 0 Å². The Morgan fingerprint density at radius 2 is 1.95 bits per heavy atom. The molecule has 0 radical (unpaired) electrons. The molecule has 0 bridgehead atoms. The van der Waals surface area contributed by atoms with Gasteiger partial charge in [0, 0.05) is 0 Å². The van der Waals surface area contributed by atoms with Gasteiger partial charge in [-0.3, -0.25) is 0 Å². The highest BCUT2D eigenvalue weighted by atomic mass is 32.2. The Morgan fingerprint density at radius 1 is 1.30 bits per heavy atom. The highest BCUT2D eigenvalue weighted by Gasteiger charge is 2.19. The maximum Gasteiger partial charge on any atom is 0.390 e. The molecule has 1 aromatic carbocycles. The van der Waals surface area contributed by atoms with Gasteiger partial charge in [0.2, 0.25) is 0 Å². The van der Waals surface area contributed by atoms with Gasteiger partial charge < -0.3 is 10.1 Å². The van der Waals surface area contributed by atoms with E-state index in [1.165, 1.54) is 22.9 Å². The zero-order valence-electron chi connectivity index (χ0n) is 10.8. The van der Waals surface area contributed by atoms with Crippen LogP contribution in [0.1, 0.15) is 5.69 Å². The summed E-state index contributed by atoms with van der Waals surface area (Å²) in [6.07, 6.45) is 0. The normalized spacial score (nSPS) is 11.4. The lowest BCUT2D eigenvalue weighted by Gasteiger charge is -2.03. The molecule has 0 N–H and O–H groups in total. The van der Waals surface area contributed by atoms with Gasteiger partial charge in [0.1, 0.15) is 0 Å². The van der Waals surface area contributed by atoms with Crippen molar-refractivity contribution in [1.29, 1.82) is 0 Å². The molecule has 8 heteroatoms. The average molecular weight is 295 g/mol. The molecule has 0 atom stereocenters. The van der Waals surface area contributed by atoms with Crippen molar-refractivity contribution >= 4 is 15.7 Å². The van der Waals surface area contributed by atoms with Crippen LogP contribution in [0.15, 0.2) is 41.3 Å². The van der Waals surface area contributed by atoms with E-state index in [-0.39, 0.29) is 23.0 Å². The number of sulfone groups is 1. The van der Waals surface area contributed by atoms with Crippen molar-refractivity contribution in [1.82, 2.24) is 9.78 Å². The Bertz CT molecular complexity index is 722. The summed E-state index contributed by atoms with van der Waals surface area (Å²) in [6, 6.07) is 9.39. The molecule has 0 saturated carbocycles. The number of aromatic nitrogens is 2. The molecule has 0 fully saturated rings. The summed E-state index contributed by atoms with van der Waals surface area (Å²) >= 11 is 0. The molecule has 0 unspecified atom stereocenters. The molecule has 0 aliphatic carbocycles. The van der Waals surface area contributed by atoms with Gasteiger partial charge in [0.15, 0.2) is 9.84 Å². The first-order chi connectivity index (χ1) is 9.40. The minimum atomic E-state index is -3.42. The Balaban J connectivity index is 2.15. The second kappa shape index (κ2) is 5.41. The second-order valence-corrected chi connectivity index (χ2v) is 6.37. The van der Waals surface area contributed by atoms with Gasteiger partial charge in [-0.2, -0.15) is 4.68 Å². The molecule has 106 valence electrons. The fourth-order valence-corrected chi connectivity index (χ4v) is 2.98. The number of hydrogen-bond donors (Lipinski definition) is 0. The Kier molecular flexibility index (Phi) is 3.84. The summed E-state index contributed by atoms with van der Waals surface area (Å²) in [6.45, 7) is 1.73. The Labute approximate surface area is 115 Å². The minimum Gasteiger partial charge on any atom is -0.358 e. The maximum atomic E-state index is 12.1. The maximum absolute atomic E-state index is 12.1. The molecule has 7 nitrogen and oxygen atoms in total. The SMILES string of the molecule is Cc1cc([N+](=O)[O-])nn1CCS(=O)(=O)c1ccccc1. The van der Waals surface area contributed by atoms with Gasteiger partial charge in [-0.25, -0.2) is 8.42 Å². The summed E-state index contributed by atoms with van der Waals surface area (Å²) in [5, 5.41) is 14.4. The molecule has 0 saturated heterocycles. The lowest BCUT2D eigenvalue weighted by atomic mass is 10.4. The van der Waals surface area contributed by atoms with E-state index in [4.69, 9.17) is 0 Å². The first kappa shape index (κ1) is 14.2. The molecular formula is C12H13N3O4S. The van der Waals surface area contributed by atoms with E-state index < -0.39 is 14.8 Å². The highest BCUT2D eigenvalue weighted by Crippen LogP contribution is 2.14. The third-order valence-corrected chi connectivity index (χ3v) is 4.54. The molecular weight excluding hydrogens is 282 g/mol. The van der Waals surface area contributed by atoms with Crippen molar-refractivity contribution in [3.63, 3.8) is 0 Å². The van der Waals surface area contributed by atoms with E-state index in [9.17, 15) is 18.5 Å². The Morgan fingerprint density at radius 3 is 2.50 bits per heavy atom. The molecule has 20 heavy (non-hydrogen) atoms. The van der Waals surface area contributed by atoms with E-state index in [1.807, 2.05) is 0 Å². The van der Waals surface area contributed by atoms with Gasteiger partial charge >= 0.3 is 5.82 Å². The van der Waals surface area contributed by atoms with Crippen LogP contribution in [0.5, 0.6) is 0 Å². The van der Waals surface area contributed by atoms with Crippen LogP contribution < -0.4 is 0 Å². The standard InChI is InChI=1S/C12H13N3O4S/c1-10-9-12(15(16)17)13-14(10)7-8-20(18,19)11-5-3-2-4-6-11/h2-6,9H,7-8H2,1H3. The molecule has 1 heterocycles. The topological polar surface area (TPSA) is 95.1 Å². The van der Waals surface area contributed by atoms with Gasteiger partial charge in [-0.05, 0) is 24.0 Å². The largest absolute Gasteiger partial charge is 0.390 e. The summed E-state index contributed by atoms with van der Waals surface area (Å²) in [5.74, 6) is -0.434. The molecule has 1 aromatic heterocycles. The van der Waals surface area contributed by atoms with Gasteiger partial charge in [-0.1, -0.05) is 18.2 Å². The highest BCUT2D eigenvalue weighted by molar-refractivity contribution is 7.91. The van der Waals surface area contributed by atoms with E-state index >= 15 is 0 Å². The van der Waals surface area contributed by atoms with E-state index in [1.54, 1.807) is 25.1 Å². The summed E-state index contributed by atoms with van der Waals surface area (Å²) < 4.78 is 25.5. The summed E-state index contributed by atoms with van der Waals surface area (Å²) in [7, 11) is -3.42. The predicted molar refractivity (Wildman–Crippen MR) is 72.1 cm³/mol. The van der Waals surface area contributed by atoms with Crippen LogP contribution in [-0.4, -0.2) is 28.9 Å². The first-order valence-corrected chi connectivity index (χ1v) is 7.52. The fraction of sp³-hybridized carbons (Fsp3) is 0.250. The zero-order valence-corrected chi connectivity index (χ0v) is 11.6. The van der Waals surface area contributed by atoms with E-state index in [2.05, 4.69) is 5.10 Å². The van der Waals surface area contributed by atoms with Crippen molar-refractivity contribution in [2.45, 2.75) is 18.4 Å². The number of hydrogen-bond acceptors (Lipinski definition) is 5. The van der Waals surface area contributed by atoms with Crippen LogP contribution >= 0.6 is 0 Å². The zero-order chi connectivity index (χ0) is 14.8. The molecule has 2 aromatic rings. The molecule has 0 aliphatic rings. The van der Waals surface area contributed by atoms with Crippen LogP contribution in [0.4, 0.5) is 5.82 Å². The van der Waals surface area contributed by atoms with Crippen molar-refractivity contribution in [3.05, 3.63) is 52.2 Å². The number of nitro groups is 1. The fourth-order valence-electron chi connectivity index (χ4n) is 1.76. The van der Waals surface area contributed by atoms with Crippen molar-refractivity contribution in [2.75, 3.05) is 5.75 Å². The monoisotopic (exact) mass is 295 g/mol. The third-order valence-electron chi connectivity index (χ3n) is 2.83. The predicted octanol–water partition coefficient (Wildman–Crippen LogP) is 1.57. The Hall–Kier alpha value is -2.22. The van der Waals surface area contributed by atoms with Gasteiger partial charge in [-0.15, -0.1) is 0 Å². The third kappa shape index (κ3) is 3.02. The van der Waals surface area contributed by atoms with Gasteiger partial charge in [0.25, 0.3) is 0 Å². The molecule has 0 aliphatic heterocycles. The van der Waals surface area contributed by atoms with Crippen LogP contribution in [-0.2, 0) is 16.4 Å². The lowest BCUT2D eigenvalue weighted by molar-refractivity contribution is -0.389. The lowest BCUT2D eigenvalue weighted by Crippen LogP contribution is -2.15. The number of nitrogens with zero attached hydrogens (tertiary/aromatic N) is 3. The second-order valence-electron chi connectivity index (χ2n) is 4.26.